The average Bonchev–Trinajstić information content (AvgIpc) is 3.71. The minimum absolute atomic E-state index is 0.172. The molecule has 2 amide bonds. The van der Waals surface area contributed by atoms with E-state index in [9.17, 15) is 14.4 Å². The quantitative estimate of drug-likeness (QED) is 0.345. The van der Waals surface area contributed by atoms with E-state index in [1.807, 2.05) is 50.2 Å². The highest BCUT2D eigenvalue weighted by Gasteiger charge is 2.24. The molecule has 7 nitrogen and oxygen atoms in total. The molecule has 1 aliphatic carbocycles. The largest absolute Gasteiger partial charge is 0.452 e. The lowest BCUT2D eigenvalue weighted by Gasteiger charge is -2.12. The fourth-order valence-corrected chi connectivity index (χ4v) is 4.22. The number of hydrogen-bond donors (Lipinski definition) is 2. The lowest BCUT2D eigenvalue weighted by Crippen LogP contribution is -2.25. The van der Waals surface area contributed by atoms with E-state index in [0.717, 1.165) is 29.5 Å². The number of amides is 2. The van der Waals surface area contributed by atoms with Crippen LogP contribution in [0.2, 0.25) is 0 Å². The van der Waals surface area contributed by atoms with E-state index < -0.39 is 18.5 Å². The van der Waals surface area contributed by atoms with E-state index in [1.54, 1.807) is 30.3 Å². The first-order valence-electron chi connectivity index (χ1n) is 12.2. The van der Waals surface area contributed by atoms with Crippen molar-refractivity contribution in [3.63, 3.8) is 0 Å². The number of ether oxygens (including phenoxy) is 1. The lowest BCUT2D eigenvalue weighted by atomic mass is 9.99. The number of carbonyl (C=O) groups is 3. The second-order valence-corrected chi connectivity index (χ2v) is 9.34. The minimum atomic E-state index is -0.614. The van der Waals surface area contributed by atoms with Gasteiger partial charge in [-0.25, -0.2) is 9.78 Å². The molecule has 0 saturated heterocycles. The molecule has 0 atom stereocenters. The minimum Gasteiger partial charge on any atom is -0.452 e. The third kappa shape index (κ3) is 5.67. The highest BCUT2D eigenvalue weighted by atomic mass is 16.5. The van der Waals surface area contributed by atoms with Crippen LogP contribution < -0.4 is 10.6 Å². The van der Waals surface area contributed by atoms with Crippen molar-refractivity contribution in [3.8, 4) is 11.3 Å². The molecule has 0 spiro atoms. The summed E-state index contributed by atoms with van der Waals surface area (Å²) in [5.74, 6) is -1.28. The number of rotatable bonds is 7. The zero-order valence-corrected chi connectivity index (χ0v) is 20.7. The Hall–Kier alpha value is -4.52. The summed E-state index contributed by atoms with van der Waals surface area (Å²) in [5, 5.41) is 6.26. The maximum atomic E-state index is 13.1. The summed E-state index contributed by atoms with van der Waals surface area (Å²) < 4.78 is 5.39. The third-order valence-corrected chi connectivity index (χ3v) is 6.25. The van der Waals surface area contributed by atoms with Crippen LogP contribution in [0.4, 0.5) is 5.69 Å². The predicted molar refractivity (Wildman–Crippen MR) is 142 cm³/mol. The van der Waals surface area contributed by atoms with Gasteiger partial charge in [-0.3, -0.25) is 9.59 Å². The Morgan fingerprint density at radius 2 is 1.76 bits per heavy atom. The lowest BCUT2D eigenvalue weighted by molar-refractivity contribution is -0.119. The maximum Gasteiger partial charge on any atom is 0.339 e. The van der Waals surface area contributed by atoms with Gasteiger partial charge in [0.1, 0.15) is 0 Å². The molecule has 1 saturated carbocycles. The summed E-state index contributed by atoms with van der Waals surface area (Å²) in [4.78, 5) is 42.7. The normalized spacial score (nSPS) is 12.7. The van der Waals surface area contributed by atoms with Gasteiger partial charge in [0.2, 0.25) is 0 Å². The number of hydrogen-bond acceptors (Lipinski definition) is 5. The molecule has 7 heteroatoms. The topological polar surface area (TPSA) is 97.4 Å². The van der Waals surface area contributed by atoms with Crippen molar-refractivity contribution >= 4 is 34.4 Å². The second kappa shape index (κ2) is 10.2. The molecule has 0 unspecified atom stereocenters. The van der Waals surface area contributed by atoms with Crippen molar-refractivity contribution in [1.29, 1.82) is 0 Å². The van der Waals surface area contributed by atoms with Crippen molar-refractivity contribution in [2.75, 3.05) is 11.9 Å². The predicted octanol–water partition coefficient (Wildman–Crippen LogP) is 5.21. The van der Waals surface area contributed by atoms with Gasteiger partial charge in [0.05, 0.1) is 16.8 Å². The summed E-state index contributed by atoms with van der Waals surface area (Å²) in [6, 6.07) is 22.0. The van der Waals surface area contributed by atoms with Crippen LogP contribution in [-0.4, -0.2) is 35.4 Å². The number of fused-ring (bicyclic) bond motifs is 1. The Labute approximate surface area is 214 Å². The van der Waals surface area contributed by atoms with Gasteiger partial charge in [-0.2, -0.15) is 0 Å². The number of pyridine rings is 1. The van der Waals surface area contributed by atoms with Crippen LogP contribution in [-0.2, 0) is 9.53 Å². The molecule has 0 aliphatic heterocycles. The van der Waals surface area contributed by atoms with Gasteiger partial charge in [0.25, 0.3) is 11.8 Å². The number of aromatic nitrogens is 1. The fraction of sp³-hybridized carbons (Fsp3) is 0.200. The van der Waals surface area contributed by atoms with E-state index in [-0.39, 0.29) is 11.9 Å². The standard InChI is InChI=1S/C30H27N3O4/c1-18-10-13-23(19(2)14-18)27-16-25(24-8-3-4-9-26(24)33-27)30(36)37-17-28(34)31-22-7-5-6-20(15-22)29(35)32-21-11-12-21/h3-10,13-16,21H,11-12,17H2,1-2H3,(H,31,34)(H,32,35). The van der Waals surface area contributed by atoms with Gasteiger partial charge in [-0.1, -0.05) is 48.0 Å². The van der Waals surface area contributed by atoms with Crippen LogP contribution >= 0.6 is 0 Å². The Morgan fingerprint density at radius 3 is 2.54 bits per heavy atom. The zero-order valence-electron chi connectivity index (χ0n) is 20.7. The summed E-state index contributed by atoms with van der Waals surface area (Å²) in [6.45, 7) is 3.57. The van der Waals surface area contributed by atoms with Crippen LogP contribution in [0.1, 0.15) is 44.7 Å². The molecule has 1 aliphatic rings. The molecule has 1 heterocycles. The molecule has 1 aromatic heterocycles. The van der Waals surface area contributed by atoms with E-state index in [0.29, 0.717) is 33.4 Å². The van der Waals surface area contributed by atoms with E-state index in [2.05, 4.69) is 16.7 Å². The molecule has 2 N–H and O–H groups in total. The first-order chi connectivity index (χ1) is 17.9. The van der Waals surface area contributed by atoms with Gasteiger partial charge in [0.15, 0.2) is 6.61 Å². The summed E-state index contributed by atoms with van der Waals surface area (Å²) in [7, 11) is 0. The molecule has 5 rings (SSSR count). The van der Waals surface area contributed by atoms with Gasteiger partial charge in [0, 0.05) is 28.2 Å². The van der Waals surface area contributed by atoms with Crippen molar-refractivity contribution in [1.82, 2.24) is 10.3 Å². The van der Waals surface area contributed by atoms with Crippen LogP contribution in [0.25, 0.3) is 22.2 Å². The smallest absolute Gasteiger partial charge is 0.339 e. The Bertz CT molecular complexity index is 1520. The second-order valence-electron chi connectivity index (χ2n) is 9.34. The molecule has 4 aromatic rings. The van der Waals surface area contributed by atoms with E-state index in [4.69, 9.17) is 9.72 Å². The molecule has 1 fully saturated rings. The number of aryl methyl sites for hydroxylation is 2. The number of carbonyl (C=O) groups excluding carboxylic acids is 3. The highest BCUT2D eigenvalue weighted by Crippen LogP contribution is 2.28. The Balaban J connectivity index is 1.31. The van der Waals surface area contributed by atoms with Crippen LogP contribution in [0, 0.1) is 13.8 Å². The molecule has 37 heavy (non-hydrogen) atoms. The van der Waals surface area contributed by atoms with Crippen molar-refractivity contribution in [2.45, 2.75) is 32.7 Å². The van der Waals surface area contributed by atoms with Gasteiger partial charge < -0.3 is 15.4 Å². The number of para-hydroxylation sites is 1. The number of esters is 1. The average molecular weight is 494 g/mol. The van der Waals surface area contributed by atoms with Crippen molar-refractivity contribution in [2.24, 2.45) is 0 Å². The SMILES string of the molecule is Cc1ccc(-c2cc(C(=O)OCC(=O)Nc3cccc(C(=O)NC4CC4)c3)c3ccccc3n2)c(C)c1. The van der Waals surface area contributed by atoms with Gasteiger partial charge >= 0.3 is 5.97 Å². The van der Waals surface area contributed by atoms with Crippen LogP contribution in [0.15, 0.2) is 72.8 Å². The Morgan fingerprint density at radius 1 is 0.946 bits per heavy atom. The summed E-state index contributed by atoms with van der Waals surface area (Å²) in [6.07, 6.45) is 1.98. The Kier molecular flexibility index (Phi) is 6.68. The molecule has 0 bridgehead atoms. The van der Waals surface area contributed by atoms with Crippen LogP contribution in [0.3, 0.4) is 0 Å². The fourth-order valence-electron chi connectivity index (χ4n) is 4.22. The first kappa shape index (κ1) is 24.2. The van der Waals surface area contributed by atoms with E-state index in [1.165, 1.54) is 0 Å². The molecule has 0 radical (unpaired) electrons. The molecule has 186 valence electrons. The molecular formula is C30H27N3O4. The number of nitrogens with one attached hydrogen (secondary N) is 2. The first-order valence-corrected chi connectivity index (χ1v) is 12.2. The summed E-state index contributed by atoms with van der Waals surface area (Å²) in [5.41, 5.74) is 5.70. The number of benzene rings is 3. The third-order valence-electron chi connectivity index (χ3n) is 6.25. The van der Waals surface area contributed by atoms with Gasteiger partial charge in [-0.15, -0.1) is 0 Å². The summed E-state index contributed by atoms with van der Waals surface area (Å²) >= 11 is 0. The van der Waals surface area contributed by atoms with Gasteiger partial charge in [-0.05, 0) is 62.6 Å². The highest BCUT2D eigenvalue weighted by molar-refractivity contribution is 6.05. The van der Waals surface area contributed by atoms with Crippen molar-refractivity contribution in [3.05, 3.63) is 95.1 Å². The molecule has 3 aromatic carbocycles. The zero-order chi connectivity index (χ0) is 25.9. The maximum absolute atomic E-state index is 13.1. The number of nitrogens with zero attached hydrogens (tertiary/aromatic N) is 1. The monoisotopic (exact) mass is 493 g/mol. The van der Waals surface area contributed by atoms with E-state index >= 15 is 0 Å². The molecular weight excluding hydrogens is 466 g/mol. The number of anilines is 1. The van der Waals surface area contributed by atoms with Crippen LogP contribution in [0.5, 0.6) is 0 Å². The van der Waals surface area contributed by atoms with Crippen molar-refractivity contribution < 1.29 is 19.1 Å².